The lowest BCUT2D eigenvalue weighted by Crippen LogP contribution is -2.16. The molecular weight excluding hydrogens is 270 g/mol. The second-order valence-electron chi connectivity index (χ2n) is 5.36. The van der Waals surface area contributed by atoms with Gasteiger partial charge in [0.1, 0.15) is 5.57 Å². The van der Waals surface area contributed by atoms with E-state index in [0.29, 0.717) is 0 Å². The molecule has 0 N–H and O–H groups in total. The molecule has 6 nitrogen and oxygen atoms in total. The van der Waals surface area contributed by atoms with E-state index in [-0.39, 0.29) is 23.2 Å². The van der Waals surface area contributed by atoms with Gasteiger partial charge in [-0.3, -0.25) is 9.48 Å². The van der Waals surface area contributed by atoms with Crippen molar-refractivity contribution in [2.75, 3.05) is 21.2 Å². The van der Waals surface area contributed by atoms with Crippen molar-refractivity contribution >= 4 is 11.8 Å². The van der Waals surface area contributed by atoms with Gasteiger partial charge in [0.15, 0.2) is 5.78 Å². The molecule has 2 rings (SSSR count). The molecule has 0 radical (unpaired) electrons. The van der Waals surface area contributed by atoms with Crippen molar-refractivity contribution in [2.24, 2.45) is 13.0 Å². The summed E-state index contributed by atoms with van der Waals surface area (Å²) in [5, 5.41) is 4.11. The first-order valence-corrected chi connectivity index (χ1v) is 6.68. The van der Waals surface area contributed by atoms with E-state index in [1.54, 1.807) is 36.1 Å². The third kappa shape index (κ3) is 3.41. The van der Waals surface area contributed by atoms with E-state index in [1.807, 2.05) is 13.2 Å². The first kappa shape index (κ1) is 15.1. The van der Waals surface area contributed by atoms with Crippen molar-refractivity contribution in [3.8, 4) is 0 Å². The highest BCUT2D eigenvalue weighted by molar-refractivity contribution is 6.18. The fraction of sp³-hybridized carbons (Fsp3) is 0.467. The van der Waals surface area contributed by atoms with E-state index in [1.165, 1.54) is 7.11 Å². The standard InChI is InChI=1S/C15H19N3O3/c1-17(2)6-5-11(15(20)21-4)14(19)13-7-12(13)10-8-16-18(3)9-10/h6,8-9,12-13H,7H2,1-4H3/t5?,12-,13+/m0/s1. The van der Waals surface area contributed by atoms with Gasteiger partial charge in [0.05, 0.1) is 13.3 Å². The number of aromatic nitrogens is 2. The van der Waals surface area contributed by atoms with Crippen LogP contribution < -0.4 is 0 Å². The second kappa shape index (κ2) is 5.97. The van der Waals surface area contributed by atoms with Crippen LogP contribution in [0.25, 0.3) is 0 Å². The molecule has 1 aromatic rings. The van der Waals surface area contributed by atoms with Crippen LogP contribution in [-0.2, 0) is 21.4 Å². The predicted molar refractivity (Wildman–Crippen MR) is 76.4 cm³/mol. The number of Topliss-reactive ketones (excluding diaryl/α,β-unsaturated/α-hetero) is 1. The van der Waals surface area contributed by atoms with E-state index in [2.05, 4.69) is 15.6 Å². The lowest BCUT2D eigenvalue weighted by atomic mass is 10.1. The van der Waals surface area contributed by atoms with Crippen LogP contribution in [-0.4, -0.2) is 47.6 Å². The molecule has 1 aliphatic rings. The Bertz CT molecular complexity index is 624. The quantitative estimate of drug-likeness (QED) is 0.264. The number of rotatable bonds is 5. The Labute approximate surface area is 123 Å². The zero-order valence-corrected chi connectivity index (χ0v) is 12.7. The first-order chi connectivity index (χ1) is 9.93. The molecule has 0 amide bonds. The number of nitrogens with zero attached hydrogens (tertiary/aromatic N) is 3. The average molecular weight is 289 g/mol. The largest absolute Gasteiger partial charge is 0.465 e. The Morgan fingerprint density at radius 2 is 2.24 bits per heavy atom. The average Bonchev–Trinajstić information content (AvgIpc) is 3.13. The Kier molecular flexibility index (Phi) is 4.29. The number of hydrogen-bond acceptors (Lipinski definition) is 5. The van der Waals surface area contributed by atoms with Crippen LogP contribution >= 0.6 is 0 Å². The van der Waals surface area contributed by atoms with E-state index in [4.69, 9.17) is 0 Å². The van der Waals surface area contributed by atoms with Gasteiger partial charge < -0.3 is 9.64 Å². The summed E-state index contributed by atoms with van der Waals surface area (Å²) < 4.78 is 6.38. The van der Waals surface area contributed by atoms with E-state index in [0.717, 1.165) is 12.0 Å². The maximum atomic E-state index is 12.4. The molecule has 2 atom stereocenters. The molecule has 1 aliphatic carbocycles. The van der Waals surface area contributed by atoms with Crippen LogP contribution in [0.4, 0.5) is 0 Å². The third-order valence-corrected chi connectivity index (χ3v) is 3.38. The molecule has 0 bridgehead atoms. The number of carbonyl (C=O) groups is 2. The summed E-state index contributed by atoms with van der Waals surface area (Å²) in [6.07, 6.45) is 5.94. The van der Waals surface area contributed by atoms with Crippen LogP contribution in [0.1, 0.15) is 17.9 Å². The lowest BCUT2D eigenvalue weighted by molar-refractivity contribution is -0.138. The molecule has 1 fully saturated rings. The van der Waals surface area contributed by atoms with Crippen LogP contribution in [0.5, 0.6) is 0 Å². The smallest absolute Gasteiger partial charge is 0.349 e. The minimum atomic E-state index is -0.644. The predicted octanol–water partition coefficient (Wildman–Crippen LogP) is 0.866. The number of esters is 1. The second-order valence-corrected chi connectivity index (χ2v) is 5.36. The van der Waals surface area contributed by atoms with Gasteiger partial charge in [0.25, 0.3) is 0 Å². The SMILES string of the molecule is COC(=O)C(=C=CN(C)C)C(=O)[C@@H]1C[C@H]1c1cnn(C)c1. The highest BCUT2D eigenvalue weighted by atomic mass is 16.5. The summed E-state index contributed by atoms with van der Waals surface area (Å²) in [5.41, 5.74) is 3.74. The van der Waals surface area contributed by atoms with Gasteiger partial charge in [-0.2, -0.15) is 5.10 Å². The number of aryl methyl sites for hydroxylation is 1. The van der Waals surface area contributed by atoms with Gasteiger partial charge >= 0.3 is 5.97 Å². The molecule has 21 heavy (non-hydrogen) atoms. The molecule has 0 saturated heterocycles. The van der Waals surface area contributed by atoms with Gasteiger partial charge in [-0.25, -0.2) is 4.79 Å². The van der Waals surface area contributed by atoms with Crippen LogP contribution in [0, 0.1) is 5.92 Å². The summed E-state index contributed by atoms with van der Waals surface area (Å²) in [6, 6.07) is 0. The van der Waals surface area contributed by atoms with Gasteiger partial charge in [-0.1, -0.05) is 5.73 Å². The van der Waals surface area contributed by atoms with Crippen molar-refractivity contribution in [1.82, 2.24) is 14.7 Å². The zero-order valence-electron chi connectivity index (χ0n) is 12.7. The molecule has 1 aromatic heterocycles. The minimum Gasteiger partial charge on any atom is -0.465 e. The molecule has 0 spiro atoms. The van der Waals surface area contributed by atoms with Gasteiger partial charge in [-0.15, -0.1) is 0 Å². The first-order valence-electron chi connectivity index (χ1n) is 6.68. The lowest BCUT2D eigenvalue weighted by Gasteiger charge is -2.03. The summed E-state index contributed by atoms with van der Waals surface area (Å²) in [6.45, 7) is 0. The highest BCUT2D eigenvalue weighted by Gasteiger charge is 2.46. The Morgan fingerprint density at radius 3 is 2.76 bits per heavy atom. The summed E-state index contributed by atoms with van der Waals surface area (Å²) in [5.74, 6) is -0.915. The van der Waals surface area contributed by atoms with Crippen molar-refractivity contribution in [1.29, 1.82) is 0 Å². The monoisotopic (exact) mass is 289 g/mol. The number of hydrogen-bond donors (Lipinski definition) is 0. The molecule has 6 heteroatoms. The summed E-state index contributed by atoms with van der Waals surface area (Å²) in [7, 11) is 6.69. The molecule has 0 aliphatic heterocycles. The molecule has 1 heterocycles. The van der Waals surface area contributed by atoms with Crippen LogP contribution in [0.3, 0.4) is 0 Å². The summed E-state index contributed by atoms with van der Waals surface area (Å²) >= 11 is 0. The van der Waals surface area contributed by atoms with Gasteiger partial charge in [0.2, 0.25) is 0 Å². The highest BCUT2D eigenvalue weighted by Crippen LogP contribution is 2.48. The van der Waals surface area contributed by atoms with E-state index < -0.39 is 5.97 Å². The van der Waals surface area contributed by atoms with E-state index >= 15 is 0 Å². The maximum absolute atomic E-state index is 12.4. The van der Waals surface area contributed by atoms with Gasteiger partial charge in [-0.05, 0) is 17.9 Å². The fourth-order valence-electron chi connectivity index (χ4n) is 2.20. The van der Waals surface area contributed by atoms with Crippen LogP contribution in [0.2, 0.25) is 0 Å². The number of ketones is 1. The minimum absolute atomic E-state index is 0.0254. The fourth-order valence-corrected chi connectivity index (χ4v) is 2.20. The number of carbonyl (C=O) groups excluding carboxylic acids is 2. The van der Waals surface area contributed by atoms with Crippen molar-refractivity contribution in [3.05, 3.63) is 35.5 Å². The molecule has 112 valence electrons. The molecule has 0 aromatic carbocycles. The molecule has 1 saturated carbocycles. The topological polar surface area (TPSA) is 64.4 Å². The molecular formula is C15H19N3O3. The van der Waals surface area contributed by atoms with Crippen molar-refractivity contribution in [2.45, 2.75) is 12.3 Å². The van der Waals surface area contributed by atoms with Crippen molar-refractivity contribution in [3.63, 3.8) is 0 Å². The number of ether oxygens (including phenoxy) is 1. The number of methoxy groups -OCH3 is 1. The van der Waals surface area contributed by atoms with E-state index in [9.17, 15) is 9.59 Å². The molecule has 0 unspecified atom stereocenters. The normalized spacial score (nSPS) is 19.4. The Morgan fingerprint density at radius 1 is 1.52 bits per heavy atom. The van der Waals surface area contributed by atoms with Gasteiger partial charge in [0, 0.05) is 39.5 Å². The Hall–Kier alpha value is -2.33. The zero-order chi connectivity index (χ0) is 15.6. The summed E-state index contributed by atoms with van der Waals surface area (Å²) in [4.78, 5) is 25.9. The van der Waals surface area contributed by atoms with Crippen LogP contribution in [0.15, 0.2) is 29.9 Å². The Balaban J connectivity index is 2.18. The maximum Gasteiger partial charge on any atom is 0.349 e. The third-order valence-electron chi connectivity index (χ3n) is 3.38. The van der Waals surface area contributed by atoms with Crippen molar-refractivity contribution < 1.29 is 14.3 Å².